The van der Waals surface area contributed by atoms with Gasteiger partial charge in [0.15, 0.2) is 0 Å². The summed E-state index contributed by atoms with van der Waals surface area (Å²) in [6, 6.07) is 12.6. The van der Waals surface area contributed by atoms with Gasteiger partial charge in [0.1, 0.15) is 23.9 Å². The molecule has 1 aliphatic rings. The van der Waals surface area contributed by atoms with Crippen LogP contribution in [0.4, 0.5) is 11.6 Å². The summed E-state index contributed by atoms with van der Waals surface area (Å²) in [5.74, 6) is 1.60. The standard InChI is InChI=1S/C22H23N5O3/c1-13-7-5-6-8-17(13)26-21(28)19-14(2)25-22-23-12-24-27(22)20(19)16-11-15(29-3)9-10-18(16)30-4/h5-12,20H,1-4H3,(H,26,28)(H,23,24,25)/t20-/m0/s1. The summed E-state index contributed by atoms with van der Waals surface area (Å²) in [5.41, 5.74) is 3.69. The molecule has 1 aliphatic heterocycles. The zero-order valence-corrected chi connectivity index (χ0v) is 17.3. The van der Waals surface area contributed by atoms with Gasteiger partial charge in [-0.25, -0.2) is 4.68 Å². The number of hydrogen-bond acceptors (Lipinski definition) is 6. The van der Waals surface area contributed by atoms with Crippen LogP contribution in [0.15, 0.2) is 60.1 Å². The van der Waals surface area contributed by atoms with Crippen molar-refractivity contribution in [1.82, 2.24) is 14.8 Å². The number of carbonyl (C=O) groups excluding carboxylic acids is 1. The molecule has 1 aromatic heterocycles. The maximum absolute atomic E-state index is 13.5. The van der Waals surface area contributed by atoms with Crippen LogP contribution in [0, 0.1) is 6.92 Å². The molecule has 2 heterocycles. The van der Waals surface area contributed by atoms with Crippen molar-refractivity contribution < 1.29 is 14.3 Å². The van der Waals surface area contributed by atoms with E-state index in [-0.39, 0.29) is 5.91 Å². The van der Waals surface area contributed by atoms with Crippen LogP contribution in [-0.4, -0.2) is 34.9 Å². The van der Waals surface area contributed by atoms with Gasteiger partial charge < -0.3 is 20.1 Å². The number of methoxy groups -OCH3 is 2. The number of amides is 1. The number of benzene rings is 2. The number of carbonyl (C=O) groups is 1. The molecular weight excluding hydrogens is 382 g/mol. The molecule has 8 nitrogen and oxygen atoms in total. The Morgan fingerprint density at radius 3 is 2.67 bits per heavy atom. The van der Waals surface area contributed by atoms with E-state index < -0.39 is 6.04 Å². The van der Waals surface area contributed by atoms with Crippen molar-refractivity contribution in [2.45, 2.75) is 19.9 Å². The summed E-state index contributed by atoms with van der Waals surface area (Å²) in [6.07, 6.45) is 1.46. The Kier molecular flexibility index (Phi) is 5.14. The second-order valence-electron chi connectivity index (χ2n) is 6.97. The Hall–Kier alpha value is -3.81. The predicted molar refractivity (Wildman–Crippen MR) is 114 cm³/mol. The fourth-order valence-electron chi connectivity index (χ4n) is 3.63. The minimum Gasteiger partial charge on any atom is -0.497 e. The summed E-state index contributed by atoms with van der Waals surface area (Å²) < 4.78 is 12.7. The number of ether oxygens (including phenoxy) is 2. The summed E-state index contributed by atoms with van der Waals surface area (Å²) in [6.45, 7) is 3.80. The minimum atomic E-state index is -0.544. The molecule has 0 saturated carbocycles. The molecule has 0 unspecified atom stereocenters. The molecule has 0 aliphatic carbocycles. The van der Waals surface area contributed by atoms with Crippen molar-refractivity contribution in [2.75, 3.05) is 24.9 Å². The van der Waals surface area contributed by atoms with Crippen LogP contribution in [0.25, 0.3) is 0 Å². The molecule has 0 saturated heterocycles. The number of anilines is 2. The molecule has 30 heavy (non-hydrogen) atoms. The number of rotatable bonds is 5. The van der Waals surface area contributed by atoms with Crippen LogP contribution in [0.2, 0.25) is 0 Å². The van der Waals surface area contributed by atoms with E-state index in [4.69, 9.17) is 9.47 Å². The molecule has 0 radical (unpaired) electrons. The Morgan fingerprint density at radius 1 is 1.13 bits per heavy atom. The van der Waals surface area contributed by atoms with Gasteiger partial charge in [-0.15, -0.1) is 0 Å². The van der Waals surface area contributed by atoms with Crippen molar-refractivity contribution in [3.8, 4) is 11.5 Å². The molecule has 8 heteroatoms. The summed E-state index contributed by atoms with van der Waals surface area (Å²) in [7, 11) is 3.19. The van der Waals surface area contributed by atoms with Crippen molar-refractivity contribution in [3.05, 3.63) is 71.2 Å². The zero-order valence-electron chi connectivity index (χ0n) is 17.3. The first-order valence-corrected chi connectivity index (χ1v) is 9.49. The number of aromatic nitrogens is 3. The van der Waals surface area contributed by atoms with Gasteiger partial charge in [-0.3, -0.25) is 4.79 Å². The number of hydrogen-bond donors (Lipinski definition) is 2. The first kappa shape index (κ1) is 19.5. The van der Waals surface area contributed by atoms with Crippen molar-refractivity contribution in [2.24, 2.45) is 0 Å². The van der Waals surface area contributed by atoms with Crippen molar-refractivity contribution in [3.63, 3.8) is 0 Å². The lowest BCUT2D eigenvalue weighted by Crippen LogP contribution is -2.32. The van der Waals surface area contributed by atoms with E-state index in [0.717, 1.165) is 16.8 Å². The molecule has 0 bridgehead atoms. The topological polar surface area (TPSA) is 90.3 Å². The van der Waals surface area contributed by atoms with E-state index in [1.165, 1.54) is 6.33 Å². The van der Waals surface area contributed by atoms with Crippen LogP contribution in [0.3, 0.4) is 0 Å². The first-order chi connectivity index (χ1) is 14.5. The lowest BCUT2D eigenvalue weighted by molar-refractivity contribution is -0.113. The third-order valence-corrected chi connectivity index (χ3v) is 5.16. The maximum Gasteiger partial charge on any atom is 0.255 e. The third-order valence-electron chi connectivity index (χ3n) is 5.16. The van der Waals surface area contributed by atoms with Gasteiger partial charge in [-0.2, -0.15) is 10.1 Å². The first-order valence-electron chi connectivity index (χ1n) is 9.49. The lowest BCUT2D eigenvalue weighted by Gasteiger charge is -2.30. The number of allylic oxidation sites excluding steroid dienone is 1. The third kappa shape index (κ3) is 3.36. The van der Waals surface area contributed by atoms with Crippen LogP contribution in [-0.2, 0) is 4.79 Å². The molecule has 1 amide bonds. The highest BCUT2D eigenvalue weighted by Gasteiger charge is 2.35. The monoisotopic (exact) mass is 405 g/mol. The molecule has 4 rings (SSSR count). The van der Waals surface area contributed by atoms with E-state index in [2.05, 4.69) is 20.7 Å². The summed E-state index contributed by atoms with van der Waals surface area (Å²) >= 11 is 0. The average Bonchev–Trinajstić information content (AvgIpc) is 3.21. The largest absolute Gasteiger partial charge is 0.497 e. The van der Waals surface area contributed by atoms with Gasteiger partial charge >= 0.3 is 0 Å². The molecule has 154 valence electrons. The van der Waals surface area contributed by atoms with E-state index in [1.54, 1.807) is 18.9 Å². The van der Waals surface area contributed by atoms with Crippen LogP contribution < -0.4 is 20.1 Å². The van der Waals surface area contributed by atoms with Gasteiger partial charge in [-0.05, 0) is 43.7 Å². The number of nitrogens with zero attached hydrogens (tertiary/aromatic N) is 3. The SMILES string of the molecule is COc1ccc(OC)c([C@H]2C(C(=O)Nc3ccccc3C)=C(C)Nc3ncnn32)c1. The maximum atomic E-state index is 13.5. The summed E-state index contributed by atoms with van der Waals surface area (Å²) in [4.78, 5) is 17.7. The number of nitrogens with one attached hydrogen (secondary N) is 2. The highest BCUT2D eigenvalue weighted by molar-refractivity contribution is 6.06. The molecule has 3 aromatic rings. The number of fused-ring (bicyclic) bond motifs is 1. The van der Waals surface area contributed by atoms with Crippen molar-refractivity contribution in [1.29, 1.82) is 0 Å². The Labute approximate surface area is 174 Å². The lowest BCUT2D eigenvalue weighted by atomic mass is 9.94. The molecule has 0 spiro atoms. The Morgan fingerprint density at radius 2 is 1.93 bits per heavy atom. The highest BCUT2D eigenvalue weighted by atomic mass is 16.5. The van der Waals surface area contributed by atoms with E-state index in [1.807, 2.05) is 56.3 Å². The van der Waals surface area contributed by atoms with Gasteiger partial charge in [0, 0.05) is 16.9 Å². The smallest absolute Gasteiger partial charge is 0.255 e. The molecule has 2 N–H and O–H groups in total. The van der Waals surface area contributed by atoms with Gasteiger partial charge in [0.2, 0.25) is 5.95 Å². The number of aryl methyl sites for hydroxylation is 1. The van der Waals surface area contributed by atoms with Gasteiger partial charge in [0.05, 0.1) is 19.8 Å². The van der Waals surface area contributed by atoms with Crippen LogP contribution in [0.1, 0.15) is 24.1 Å². The fraction of sp³-hybridized carbons (Fsp3) is 0.227. The normalized spacial score (nSPS) is 15.3. The second-order valence-corrected chi connectivity index (χ2v) is 6.97. The predicted octanol–water partition coefficient (Wildman–Crippen LogP) is 3.53. The Balaban J connectivity index is 1.84. The van der Waals surface area contributed by atoms with E-state index >= 15 is 0 Å². The van der Waals surface area contributed by atoms with Crippen LogP contribution >= 0.6 is 0 Å². The quantitative estimate of drug-likeness (QED) is 0.675. The molecule has 1 atom stereocenters. The van der Waals surface area contributed by atoms with Crippen LogP contribution in [0.5, 0.6) is 11.5 Å². The average molecular weight is 405 g/mol. The summed E-state index contributed by atoms with van der Waals surface area (Å²) in [5, 5.41) is 10.6. The molecule has 0 fully saturated rings. The van der Waals surface area contributed by atoms with Crippen molar-refractivity contribution >= 4 is 17.5 Å². The zero-order chi connectivity index (χ0) is 21.3. The van der Waals surface area contributed by atoms with E-state index in [0.29, 0.717) is 28.7 Å². The van der Waals surface area contributed by atoms with Gasteiger partial charge in [-0.1, -0.05) is 18.2 Å². The molecule has 2 aromatic carbocycles. The second kappa shape index (κ2) is 7.90. The fourth-order valence-corrected chi connectivity index (χ4v) is 3.63. The van der Waals surface area contributed by atoms with E-state index in [9.17, 15) is 4.79 Å². The Bertz CT molecular complexity index is 1140. The minimum absolute atomic E-state index is 0.231. The molecular formula is C22H23N5O3. The highest BCUT2D eigenvalue weighted by Crippen LogP contribution is 2.40. The van der Waals surface area contributed by atoms with Gasteiger partial charge in [0.25, 0.3) is 5.91 Å². The number of para-hydroxylation sites is 1.